The van der Waals surface area contributed by atoms with Gasteiger partial charge in [0.05, 0.1) is 23.5 Å². The Kier molecular flexibility index (Phi) is 5.68. The maximum atomic E-state index is 11.0. The van der Waals surface area contributed by atoms with Crippen molar-refractivity contribution >= 4 is 17.3 Å². The summed E-state index contributed by atoms with van der Waals surface area (Å²) in [6.07, 6.45) is 2.27. The fraction of sp³-hybridized carbons (Fsp3) is 0.462. The van der Waals surface area contributed by atoms with Gasteiger partial charge in [-0.3, -0.25) is 9.50 Å². The Labute approximate surface area is 124 Å². The summed E-state index contributed by atoms with van der Waals surface area (Å²) in [4.78, 5) is 11.0. The first-order valence-electron chi connectivity index (χ1n) is 6.48. The molecule has 1 aromatic carbocycles. The molecule has 0 aliphatic heterocycles. The van der Waals surface area contributed by atoms with Crippen LogP contribution in [-0.4, -0.2) is 33.2 Å². The van der Waals surface area contributed by atoms with Crippen molar-refractivity contribution in [1.29, 1.82) is 0 Å². The fourth-order valence-electron chi connectivity index (χ4n) is 1.74. The van der Waals surface area contributed by atoms with Gasteiger partial charge in [0.15, 0.2) is 0 Å². The third-order valence-electron chi connectivity index (χ3n) is 3.06. The van der Waals surface area contributed by atoms with Gasteiger partial charge in [0.1, 0.15) is 12.5 Å². The Morgan fingerprint density at radius 1 is 1.48 bits per heavy atom. The third kappa shape index (κ3) is 5.43. The Morgan fingerprint density at radius 3 is 2.86 bits per heavy atom. The van der Waals surface area contributed by atoms with E-state index in [1.807, 2.05) is 0 Å². The summed E-state index contributed by atoms with van der Waals surface area (Å²) in [6, 6.07) is 4.61. The normalized spacial score (nSPS) is 15.7. The zero-order valence-corrected chi connectivity index (χ0v) is 12.1. The van der Waals surface area contributed by atoms with E-state index in [0.29, 0.717) is 24.8 Å². The number of hydrogen-bond donors (Lipinski definition) is 2. The van der Waals surface area contributed by atoms with Gasteiger partial charge in [-0.25, -0.2) is 9.00 Å². The molecule has 0 heterocycles. The second-order valence-electron chi connectivity index (χ2n) is 4.78. The van der Waals surface area contributed by atoms with Crippen LogP contribution in [0, 0.1) is 5.92 Å². The lowest BCUT2D eigenvalue weighted by molar-refractivity contribution is 0.0696. The molecule has 1 aromatic rings. The zero-order chi connectivity index (χ0) is 15.2. The van der Waals surface area contributed by atoms with Gasteiger partial charge >= 0.3 is 5.97 Å². The Morgan fingerprint density at radius 2 is 2.24 bits per heavy atom. The first kappa shape index (κ1) is 15.9. The van der Waals surface area contributed by atoms with Crippen LogP contribution in [0.2, 0.25) is 0 Å². The number of carboxylic acid groups (broad SMARTS) is 1. The van der Waals surface area contributed by atoms with E-state index in [-0.39, 0.29) is 12.3 Å². The molecule has 0 amide bonds. The molecule has 1 fully saturated rings. The number of carbonyl (C=O) groups is 1. The molecule has 1 aliphatic rings. The van der Waals surface area contributed by atoms with Gasteiger partial charge in [-0.2, -0.15) is 0 Å². The molecular formula is C13H16NO6S-. The predicted octanol–water partition coefficient (Wildman–Crippen LogP) is 1.03. The van der Waals surface area contributed by atoms with Crippen molar-refractivity contribution in [3.8, 4) is 5.75 Å². The van der Waals surface area contributed by atoms with Crippen molar-refractivity contribution in [3.05, 3.63) is 29.3 Å². The monoisotopic (exact) mass is 314 g/mol. The van der Waals surface area contributed by atoms with E-state index in [4.69, 9.17) is 9.84 Å². The van der Waals surface area contributed by atoms with E-state index >= 15 is 0 Å². The van der Waals surface area contributed by atoms with Crippen molar-refractivity contribution in [3.63, 3.8) is 0 Å². The predicted molar refractivity (Wildman–Crippen MR) is 73.3 cm³/mol. The van der Waals surface area contributed by atoms with Crippen molar-refractivity contribution in [1.82, 2.24) is 5.32 Å². The summed E-state index contributed by atoms with van der Waals surface area (Å²) in [6.45, 7) is 0.729. The molecule has 2 rings (SSSR count). The summed E-state index contributed by atoms with van der Waals surface area (Å²) >= 11 is -2.56. The smallest absolute Gasteiger partial charge is 0.335 e. The highest BCUT2D eigenvalue weighted by Crippen LogP contribution is 2.30. The van der Waals surface area contributed by atoms with Crippen LogP contribution in [-0.2, 0) is 22.1 Å². The Hall–Kier alpha value is -1.48. The van der Waals surface area contributed by atoms with Gasteiger partial charge in [-0.05, 0) is 30.9 Å². The van der Waals surface area contributed by atoms with Crippen molar-refractivity contribution < 1.29 is 27.6 Å². The van der Waals surface area contributed by atoms with Gasteiger partial charge in [0.25, 0.3) is 0 Å². The number of benzene rings is 1. The number of rotatable bonds is 9. The molecule has 0 spiro atoms. The molecule has 21 heavy (non-hydrogen) atoms. The molecule has 0 saturated heterocycles. The highest BCUT2D eigenvalue weighted by Gasteiger charge is 2.22. The van der Waals surface area contributed by atoms with E-state index in [0.717, 1.165) is 18.4 Å². The zero-order valence-electron chi connectivity index (χ0n) is 11.2. The van der Waals surface area contributed by atoms with Gasteiger partial charge in [0, 0.05) is 12.1 Å². The topological polar surface area (TPSA) is 108 Å². The van der Waals surface area contributed by atoms with Gasteiger partial charge < -0.3 is 14.4 Å². The number of carboxylic acids is 1. The van der Waals surface area contributed by atoms with Crippen LogP contribution in [0.4, 0.5) is 0 Å². The summed E-state index contributed by atoms with van der Waals surface area (Å²) in [5.41, 5.74) is 0.905. The molecule has 0 bridgehead atoms. The minimum absolute atomic E-state index is 0.154. The molecular weight excluding hydrogens is 298 g/mol. The van der Waals surface area contributed by atoms with Crippen molar-refractivity contribution in [2.75, 3.05) is 13.3 Å². The number of aromatic carboxylic acids is 1. The number of ether oxygens (including phenoxy) is 1. The second-order valence-corrected chi connectivity index (χ2v) is 5.42. The molecule has 1 unspecified atom stereocenters. The second kappa shape index (κ2) is 7.51. The van der Waals surface area contributed by atoms with Crippen LogP contribution in [0.15, 0.2) is 18.2 Å². The number of hydrogen-bond acceptors (Lipinski definition) is 6. The molecule has 1 saturated carbocycles. The minimum atomic E-state index is -2.56. The van der Waals surface area contributed by atoms with E-state index in [2.05, 4.69) is 9.50 Å². The minimum Gasteiger partial charge on any atom is -0.750 e. The maximum absolute atomic E-state index is 11.0. The molecule has 116 valence electrons. The fourth-order valence-corrected chi connectivity index (χ4v) is 1.92. The van der Waals surface area contributed by atoms with Crippen LogP contribution in [0.1, 0.15) is 28.8 Å². The van der Waals surface area contributed by atoms with Gasteiger partial charge in [0.2, 0.25) is 0 Å². The summed E-state index contributed by atoms with van der Waals surface area (Å²) in [5.74, 6) is 0.0268. The molecule has 0 aromatic heterocycles. The molecule has 1 aliphatic carbocycles. The average Bonchev–Trinajstić information content (AvgIpc) is 3.25. The number of nitrogens with one attached hydrogen (secondary N) is 1. The Balaban J connectivity index is 1.98. The van der Waals surface area contributed by atoms with E-state index < -0.39 is 17.3 Å². The standard InChI is InChI=1S/C13H17NO6S/c15-13(16)10-3-4-11(6-14-8-20-21(17)18)12(5-10)19-7-9-1-2-9/h3-5,9,14H,1-2,6-8H2,(H,15,16)(H,17,18)/p-1. The van der Waals surface area contributed by atoms with Crippen molar-refractivity contribution in [2.45, 2.75) is 19.4 Å². The molecule has 7 nitrogen and oxygen atoms in total. The molecule has 0 radical (unpaired) electrons. The van der Waals surface area contributed by atoms with Gasteiger partial charge in [-0.1, -0.05) is 6.07 Å². The van der Waals surface area contributed by atoms with E-state index in [1.54, 1.807) is 6.07 Å². The maximum Gasteiger partial charge on any atom is 0.335 e. The highest BCUT2D eigenvalue weighted by atomic mass is 32.2. The van der Waals surface area contributed by atoms with Crippen LogP contribution in [0.25, 0.3) is 0 Å². The summed E-state index contributed by atoms with van der Waals surface area (Å²) in [5, 5.41) is 11.8. The SMILES string of the molecule is O=C(O)c1ccc(CNCOS(=O)[O-])c(OCC2CC2)c1. The van der Waals surface area contributed by atoms with E-state index in [9.17, 15) is 13.6 Å². The molecule has 2 N–H and O–H groups in total. The average molecular weight is 314 g/mol. The first-order valence-corrected chi connectivity index (χ1v) is 7.48. The van der Waals surface area contributed by atoms with Crippen LogP contribution in [0.5, 0.6) is 5.75 Å². The summed E-state index contributed by atoms with van der Waals surface area (Å²) in [7, 11) is 0. The quantitative estimate of drug-likeness (QED) is 0.398. The lowest BCUT2D eigenvalue weighted by atomic mass is 10.1. The molecule has 8 heteroatoms. The molecule has 1 atom stereocenters. The van der Waals surface area contributed by atoms with E-state index in [1.165, 1.54) is 12.1 Å². The lowest BCUT2D eigenvalue weighted by Gasteiger charge is -2.13. The van der Waals surface area contributed by atoms with Crippen LogP contribution in [0.3, 0.4) is 0 Å². The van der Waals surface area contributed by atoms with Crippen molar-refractivity contribution in [2.24, 2.45) is 5.92 Å². The highest BCUT2D eigenvalue weighted by molar-refractivity contribution is 7.74. The van der Waals surface area contributed by atoms with Crippen LogP contribution < -0.4 is 10.1 Å². The largest absolute Gasteiger partial charge is 0.750 e. The van der Waals surface area contributed by atoms with Crippen LogP contribution >= 0.6 is 0 Å². The summed E-state index contributed by atoms with van der Waals surface area (Å²) < 4.78 is 30.5. The first-order chi connectivity index (χ1) is 10.1. The van der Waals surface area contributed by atoms with Gasteiger partial charge in [-0.15, -0.1) is 0 Å². The Bertz CT molecular complexity index is 531. The third-order valence-corrected chi connectivity index (χ3v) is 3.37. The lowest BCUT2D eigenvalue weighted by Crippen LogP contribution is -2.19.